The van der Waals surface area contributed by atoms with Crippen LogP contribution in [0.4, 0.5) is 0 Å². The fraction of sp³-hybridized carbons (Fsp3) is 0.846. The molecule has 6 heteroatoms. The first-order valence-corrected chi connectivity index (χ1v) is 12.6. The Bertz CT molecular complexity index is 734. The zero-order valence-corrected chi connectivity index (χ0v) is 19.9. The lowest BCUT2D eigenvalue weighted by Gasteiger charge is -2.58. The van der Waals surface area contributed by atoms with Crippen LogP contribution in [0, 0.1) is 22.7 Å². The predicted octanol–water partition coefficient (Wildman–Crippen LogP) is 3.99. The van der Waals surface area contributed by atoms with Crippen LogP contribution in [0.5, 0.6) is 0 Å². The van der Waals surface area contributed by atoms with Crippen molar-refractivity contribution in [2.75, 3.05) is 13.2 Å². The number of hydrogen-bond donors (Lipinski definition) is 1. The van der Waals surface area contributed by atoms with Gasteiger partial charge in [0.25, 0.3) is 0 Å². The summed E-state index contributed by atoms with van der Waals surface area (Å²) < 4.78 is 18.2. The van der Waals surface area contributed by atoms with Crippen LogP contribution in [-0.4, -0.2) is 55.0 Å². The molecule has 0 aromatic heterocycles. The van der Waals surface area contributed by atoms with Gasteiger partial charge in [-0.2, -0.15) is 0 Å². The molecule has 0 spiro atoms. The number of esters is 1. The maximum absolute atomic E-state index is 12.0. The van der Waals surface area contributed by atoms with E-state index in [9.17, 15) is 14.7 Å². The third kappa shape index (κ3) is 4.19. The monoisotopic (exact) mass is 448 g/mol. The van der Waals surface area contributed by atoms with Gasteiger partial charge in [-0.05, 0) is 56.3 Å². The SMILES string of the molecule is CCC(=O)OC1COC2C3C(O)C=C4C[C@@H](OCCCCC=O)CC[C@]4(C)C3CC[C@]12C. The lowest BCUT2D eigenvalue weighted by Crippen LogP contribution is -2.58. The number of unbranched alkanes of at least 4 members (excludes halogenated alkanes) is 2. The Morgan fingerprint density at radius 1 is 1.28 bits per heavy atom. The molecule has 0 aromatic carbocycles. The number of aldehydes is 1. The van der Waals surface area contributed by atoms with Gasteiger partial charge in [-0.15, -0.1) is 0 Å². The molecule has 0 bridgehead atoms. The number of ether oxygens (including phenoxy) is 3. The van der Waals surface area contributed by atoms with Crippen LogP contribution in [0.2, 0.25) is 0 Å². The Labute approximate surface area is 192 Å². The van der Waals surface area contributed by atoms with Gasteiger partial charge in [0.05, 0.1) is 24.9 Å². The van der Waals surface area contributed by atoms with Gasteiger partial charge in [0.1, 0.15) is 12.4 Å². The van der Waals surface area contributed by atoms with E-state index in [-0.39, 0.29) is 41.0 Å². The first-order chi connectivity index (χ1) is 15.3. The smallest absolute Gasteiger partial charge is 0.305 e. The van der Waals surface area contributed by atoms with E-state index >= 15 is 0 Å². The van der Waals surface area contributed by atoms with Gasteiger partial charge < -0.3 is 24.1 Å². The lowest BCUT2D eigenvalue weighted by atomic mass is 9.49. The molecular formula is C26H40O6. The Kier molecular flexibility index (Phi) is 7.14. The molecule has 3 fully saturated rings. The second kappa shape index (κ2) is 9.55. The summed E-state index contributed by atoms with van der Waals surface area (Å²) in [5, 5.41) is 11.3. The molecule has 6 nitrogen and oxygen atoms in total. The largest absolute Gasteiger partial charge is 0.459 e. The molecule has 1 heterocycles. The van der Waals surface area contributed by atoms with Gasteiger partial charge in [-0.3, -0.25) is 4.79 Å². The van der Waals surface area contributed by atoms with E-state index in [2.05, 4.69) is 19.9 Å². The van der Waals surface area contributed by atoms with Crippen molar-refractivity contribution in [3.8, 4) is 0 Å². The minimum atomic E-state index is -0.542. The molecule has 1 saturated heterocycles. The number of carbonyl (C=O) groups is 2. The summed E-state index contributed by atoms with van der Waals surface area (Å²) in [5.41, 5.74) is 1.16. The summed E-state index contributed by atoms with van der Waals surface area (Å²) in [7, 11) is 0. The van der Waals surface area contributed by atoms with Crippen molar-refractivity contribution in [2.45, 2.75) is 103 Å². The number of aliphatic hydroxyl groups is 1. The second-order valence-electron chi connectivity index (χ2n) is 10.8. The summed E-state index contributed by atoms with van der Waals surface area (Å²) in [6, 6.07) is 0. The molecule has 4 rings (SSSR count). The lowest BCUT2D eigenvalue weighted by molar-refractivity contribution is -0.159. The third-order valence-electron chi connectivity index (χ3n) is 9.00. The number of aliphatic hydroxyl groups excluding tert-OH is 1. The molecule has 0 radical (unpaired) electrons. The normalized spacial score (nSPS) is 42.9. The van der Waals surface area contributed by atoms with Crippen LogP contribution >= 0.6 is 0 Å². The van der Waals surface area contributed by atoms with Crippen LogP contribution in [-0.2, 0) is 23.8 Å². The van der Waals surface area contributed by atoms with Gasteiger partial charge in [0.15, 0.2) is 0 Å². The Morgan fingerprint density at radius 3 is 2.84 bits per heavy atom. The molecule has 3 aliphatic carbocycles. The van der Waals surface area contributed by atoms with Gasteiger partial charge in [0.2, 0.25) is 0 Å². The fourth-order valence-electron chi connectivity index (χ4n) is 6.97. The molecule has 1 aliphatic heterocycles. The summed E-state index contributed by atoms with van der Waals surface area (Å²) >= 11 is 0. The van der Waals surface area contributed by atoms with Crippen LogP contribution < -0.4 is 0 Å². The second-order valence-corrected chi connectivity index (χ2v) is 10.8. The van der Waals surface area contributed by atoms with Gasteiger partial charge in [-0.1, -0.05) is 32.4 Å². The van der Waals surface area contributed by atoms with Crippen molar-refractivity contribution in [2.24, 2.45) is 22.7 Å². The van der Waals surface area contributed by atoms with Crippen LogP contribution in [0.3, 0.4) is 0 Å². The highest BCUT2D eigenvalue weighted by Crippen LogP contribution is 2.62. The Hall–Kier alpha value is -1.24. The van der Waals surface area contributed by atoms with E-state index < -0.39 is 6.10 Å². The molecule has 32 heavy (non-hydrogen) atoms. The van der Waals surface area contributed by atoms with Gasteiger partial charge in [0, 0.05) is 30.8 Å². The number of fused-ring (bicyclic) bond motifs is 5. The molecule has 180 valence electrons. The van der Waals surface area contributed by atoms with E-state index in [0.717, 1.165) is 51.2 Å². The number of hydrogen-bond acceptors (Lipinski definition) is 6. The predicted molar refractivity (Wildman–Crippen MR) is 120 cm³/mol. The third-order valence-corrected chi connectivity index (χ3v) is 9.00. The maximum atomic E-state index is 12.0. The molecule has 4 aliphatic rings. The summed E-state index contributed by atoms with van der Waals surface area (Å²) in [6.07, 6.45) is 10.1. The van der Waals surface area contributed by atoms with Crippen molar-refractivity contribution in [3.05, 3.63) is 11.6 Å². The van der Waals surface area contributed by atoms with Crippen molar-refractivity contribution in [1.82, 2.24) is 0 Å². The van der Waals surface area contributed by atoms with Crippen molar-refractivity contribution >= 4 is 12.3 Å². The fourth-order valence-corrected chi connectivity index (χ4v) is 6.97. The van der Waals surface area contributed by atoms with E-state index in [0.29, 0.717) is 32.0 Å². The summed E-state index contributed by atoms with van der Waals surface area (Å²) in [4.78, 5) is 22.4. The highest BCUT2D eigenvalue weighted by atomic mass is 16.6. The van der Waals surface area contributed by atoms with E-state index in [1.54, 1.807) is 0 Å². The van der Waals surface area contributed by atoms with Crippen LogP contribution in [0.25, 0.3) is 0 Å². The first-order valence-electron chi connectivity index (χ1n) is 12.6. The molecule has 0 aromatic rings. The topological polar surface area (TPSA) is 82.1 Å². The van der Waals surface area contributed by atoms with Crippen molar-refractivity contribution in [1.29, 1.82) is 0 Å². The van der Waals surface area contributed by atoms with Gasteiger partial charge >= 0.3 is 5.97 Å². The Balaban J connectivity index is 1.46. The summed E-state index contributed by atoms with van der Waals surface area (Å²) in [6.45, 7) is 7.49. The zero-order valence-electron chi connectivity index (χ0n) is 19.9. The molecule has 5 unspecified atom stereocenters. The number of rotatable bonds is 8. The minimum Gasteiger partial charge on any atom is -0.459 e. The minimum absolute atomic E-state index is 0.0358. The molecule has 1 N–H and O–H groups in total. The summed E-state index contributed by atoms with van der Waals surface area (Å²) in [5.74, 6) is 0.226. The molecule has 2 saturated carbocycles. The molecular weight excluding hydrogens is 408 g/mol. The van der Waals surface area contributed by atoms with E-state index in [1.165, 1.54) is 5.57 Å². The maximum Gasteiger partial charge on any atom is 0.305 e. The zero-order chi connectivity index (χ0) is 22.9. The van der Waals surface area contributed by atoms with Crippen LogP contribution in [0.15, 0.2) is 11.6 Å². The van der Waals surface area contributed by atoms with Crippen molar-refractivity contribution in [3.63, 3.8) is 0 Å². The molecule has 0 amide bonds. The first kappa shape index (κ1) is 23.9. The van der Waals surface area contributed by atoms with Crippen LogP contribution in [0.1, 0.15) is 78.6 Å². The average molecular weight is 449 g/mol. The standard InChI is InChI=1S/C26H40O6/c1-4-22(29)32-21-16-31-24-23-19(9-11-26(21,24)3)25(2)10-8-18(14-17(25)15-20(23)28)30-13-7-5-6-12-27/h12,15,18-21,23-24,28H,4-11,13-14,16H2,1-3H3/t18-,19?,20?,21?,23?,24?,25-,26+/m0/s1. The highest BCUT2D eigenvalue weighted by Gasteiger charge is 2.62. The van der Waals surface area contributed by atoms with Gasteiger partial charge in [-0.25, -0.2) is 0 Å². The van der Waals surface area contributed by atoms with Crippen molar-refractivity contribution < 1.29 is 28.9 Å². The quantitative estimate of drug-likeness (QED) is 0.262. The number of carbonyl (C=O) groups excluding carboxylic acids is 2. The Morgan fingerprint density at radius 2 is 2.09 bits per heavy atom. The van der Waals surface area contributed by atoms with E-state index in [4.69, 9.17) is 14.2 Å². The van der Waals surface area contributed by atoms with E-state index in [1.807, 2.05) is 6.92 Å². The molecule has 8 atom stereocenters. The average Bonchev–Trinajstić information content (AvgIpc) is 3.10. The highest BCUT2D eigenvalue weighted by molar-refractivity contribution is 5.69.